The maximum atomic E-state index is 12.3. The molecule has 1 aromatic heterocycles. The fraction of sp³-hybridized carbons (Fsp3) is 0.500. The Labute approximate surface area is 112 Å². The van der Waals surface area contributed by atoms with E-state index in [2.05, 4.69) is 4.98 Å². The number of rotatable bonds is 3. The molecule has 6 nitrogen and oxygen atoms in total. The Morgan fingerprint density at radius 2 is 2.21 bits per heavy atom. The van der Waals surface area contributed by atoms with Gasteiger partial charge in [-0.05, 0) is 30.9 Å². The summed E-state index contributed by atoms with van der Waals surface area (Å²) in [6.07, 6.45) is 2.94. The van der Waals surface area contributed by atoms with Crippen LogP contribution < -0.4 is 0 Å². The molecule has 0 aromatic carbocycles. The van der Waals surface area contributed by atoms with Crippen molar-refractivity contribution in [1.29, 1.82) is 0 Å². The summed E-state index contributed by atoms with van der Waals surface area (Å²) in [5.74, 6) is -0.787. The molecular formula is C12H16N2O4S. The maximum Gasteiger partial charge on any atom is 0.337 e. The Morgan fingerprint density at radius 1 is 1.47 bits per heavy atom. The van der Waals surface area contributed by atoms with E-state index in [0.29, 0.717) is 19.0 Å². The highest BCUT2D eigenvalue weighted by Crippen LogP contribution is 2.22. The van der Waals surface area contributed by atoms with Gasteiger partial charge in [0, 0.05) is 19.3 Å². The van der Waals surface area contributed by atoms with Crippen molar-refractivity contribution in [1.82, 2.24) is 9.29 Å². The Hall–Kier alpha value is -1.47. The van der Waals surface area contributed by atoms with Gasteiger partial charge in [-0.2, -0.15) is 4.31 Å². The third-order valence-corrected chi connectivity index (χ3v) is 4.99. The minimum Gasteiger partial charge on any atom is -0.478 e. The number of piperidine rings is 1. The molecule has 0 saturated carbocycles. The van der Waals surface area contributed by atoms with Gasteiger partial charge in [0.2, 0.25) is 0 Å². The van der Waals surface area contributed by atoms with Gasteiger partial charge in [0.1, 0.15) is 0 Å². The zero-order valence-corrected chi connectivity index (χ0v) is 11.4. The lowest BCUT2D eigenvalue weighted by molar-refractivity contribution is 0.0696. The number of carbonyl (C=O) groups is 1. The molecule has 0 aliphatic carbocycles. The first-order chi connectivity index (χ1) is 8.91. The van der Waals surface area contributed by atoms with Gasteiger partial charge in [-0.3, -0.25) is 0 Å². The van der Waals surface area contributed by atoms with Crippen LogP contribution in [-0.4, -0.2) is 41.9 Å². The summed E-state index contributed by atoms with van der Waals surface area (Å²) in [5, 5.41) is 8.67. The van der Waals surface area contributed by atoms with Crippen LogP contribution >= 0.6 is 0 Å². The SMILES string of the molecule is CC1CCCN(S(=O)(=O)c2ccc(C(=O)O)cn2)C1. The summed E-state index contributed by atoms with van der Waals surface area (Å²) in [6, 6.07) is 2.51. The molecule has 1 saturated heterocycles. The molecule has 1 aliphatic rings. The van der Waals surface area contributed by atoms with Gasteiger partial charge < -0.3 is 5.11 Å². The number of nitrogens with zero attached hydrogens (tertiary/aromatic N) is 2. The highest BCUT2D eigenvalue weighted by molar-refractivity contribution is 7.89. The molecule has 2 heterocycles. The summed E-state index contributed by atoms with van der Waals surface area (Å²) in [5.41, 5.74) is -0.0223. The van der Waals surface area contributed by atoms with Gasteiger partial charge in [0.25, 0.3) is 10.0 Å². The van der Waals surface area contributed by atoms with Crippen LogP contribution in [-0.2, 0) is 10.0 Å². The van der Waals surface area contributed by atoms with Crippen molar-refractivity contribution in [2.24, 2.45) is 5.92 Å². The summed E-state index contributed by atoms with van der Waals surface area (Å²) >= 11 is 0. The van der Waals surface area contributed by atoms with Gasteiger partial charge >= 0.3 is 5.97 Å². The molecule has 1 fully saturated rings. The van der Waals surface area contributed by atoms with Gasteiger partial charge in [0.05, 0.1) is 5.56 Å². The van der Waals surface area contributed by atoms with E-state index in [1.165, 1.54) is 16.4 Å². The number of hydrogen-bond acceptors (Lipinski definition) is 4. The number of carboxylic acids is 1. The summed E-state index contributed by atoms with van der Waals surface area (Å²) < 4.78 is 26.1. The van der Waals surface area contributed by atoms with Crippen molar-refractivity contribution < 1.29 is 18.3 Å². The number of sulfonamides is 1. The predicted octanol–water partition coefficient (Wildman–Crippen LogP) is 1.20. The average Bonchev–Trinajstić information content (AvgIpc) is 2.39. The van der Waals surface area contributed by atoms with Crippen molar-refractivity contribution in [2.45, 2.75) is 24.8 Å². The molecule has 7 heteroatoms. The van der Waals surface area contributed by atoms with E-state index in [4.69, 9.17) is 5.11 Å². The Bertz CT molecular complexity index is 568. The molecular weight excluding hydrogens is 268 g/mol. The van der Waals surface area contributed by atoms with Gasteiger partial charge in [-0.25, -0.2) is 18.2 Å². The second-order valence-corrected chi connectivity index (χ2v) is 6.69. The van der Waals surface area contributed by atoms with Gasteiger partial charge in [0.15, 0.2) is 5.03 Å². The van der Waals surface area contributed by atoms with Crippen molar-refractivity contribution >= 4 is 16.0 Å². The van der Waals surface area contributed by atoms with Gasteiger partial charge in [-0.15, -0.1) is 0 Å². The quantitative estimate of drug-likeness (QED) is 0.901. The second kappa shape index (κ2) is 5.26. The van der Waals surface area contributed by atoms with Crippen molar-refractivity contribution in [2.75, 3.05) is 13.1 Å². The molecule has 0 amide bonds. The number of pyridine rings is 1. The summed E-state index contributed by atoms with van der Waals surface area (Å²) in [7, 11) is -3.61. The molecule has 19 heavy (non-hydrogen) atoms. The van der Waals surface area contributed by atoms with Crippen LogP contribution in [0.25, 0.3) is 0 Å². The average molecular weight is 284 g/mol. The van der Waals surface area contributed by atoms with E-state index < -0.39 is 16.0 Å². The first-order valence-corrected chi connectivity index (χ1v) is 7.55. The van der Waals surface area contributed by atoms with Crippen LogP contribution in [0.1, 0.15) is 30.1 Å². The second-order valence-electron chi connectivity index (χ2n) is 4.80. The van der Waals surface area contributed by atoms with Crippen molar-refractivity contribution in [3.05, 3.63) is 23.9 Å². The van der Waals surface area contributed by atoms with E-state index in [1.807, 2.05) is 6.92 Å². The van der Waals surface area contributed by atoms with E-state index in [1.54, 1.807) is 0 Å². The molecule has 104 valence electrons. The largest absolute Gasteiger partial charge is 0.478 e. The molecule has 2 rings (SSSR count). The standard InChI is InChI=1S/C12H16N2O4S/c1-9-3-2-6-14(8-9)19(17,18)11-5-4-10(7-13-11)12(15)16/h4-5,7,9H,2-3,6,8H2,1H3,(H,15,16). The van der Waals surface area contributed by atoms with Crippen LogP contribution in [0, 0.1) is 5.92 Å². The molecule has 0 spiro atoms. The third-order valence-electron chi connectivity index (χ3n) is 3.21. The summed E-state index contributed by atoms with van der Waals surface area (Å²) in [4.78, 5) is 14.5. The van der Waals surface area contributed by atoms with Crippen LogP contribution in [0.2, 0.25) is 0 Å². The smallest absolute Gasteiger partial charge is 0.337 e. The zero-order valence-electron chi connectivity index (χ0n) is 10.6. The molecule has 1 aromatic rings. The predicted molar refractivity (Wildman–Crippen MR) is 68.4 cm³/mol. The number of carboxylic acid groups (broad SMARTS) is 1. The first-order valence-electron chi connectivity index (χ1n) is 6.11. The Kier molecular flexibility index (Phi) is 3.86. The molecule has 1 N–H and O–H groups in total. The minimum absolute atomic E-state index is 0.0223. The Balaban J connectivity index is 2.26. The number of aromatic carboxylic acids is 1. The van der Waals surface area contributed by atoms with Crippen LogP contribution in [0.3, 0.4) is 0 Å². The van der Waals surface area contributed by atoms with Crippen LogP contribution in [0.4, 0.5) is 0 Å². The molecule has 1 unspecified atom stereocenters. The number of aromatic nitrogens is 1. The third kappa shape index (κ3) is 2.93. The maximum absolute atomic E-state index is 12.3. The fourth-order valence-corrected chi connectivity index (χ4v) is 3.67. The fourth-order valence-electron chi connectivity index (χ4n) is 2.16. The van der Waals surface area contributed by atoms with Gasteiger partial charge in [-0.1, -0.05) is 6.92 Å². The molecule has 0 bridgehead atoms. The highest BCUT2D eigenvalue weighted by atomic mass is 32.2. The zero-order chi connectivity index (χ0) is 14.0. The first kappa shape index (κ1) is 14.0. The molecule has 1 atom stereocenters. The normalized spacial score (nSPS) is 21.2. The van der Waals surface area contributed by atoms with Crippen molar-refractivity contribution in [3.8, 4) is 0 Å². The highest BCUT2D eigenvalue weighted by Gasteiger charge is 2.29. The Morgan fingerprint density at radius 3 is 2.74 bits per heavy atom. The molecule has 1 aliphatic heterocycles. The lowest BCUT2D eigenvalue weighted by atomic mass is 10.0. The van der Waals surface area contributed by atoms with E-state index in [-0.39, 0.29) is 10.6 Å². The van der Waals surface area contributed by atoms with E-state index in [0.717, 1.165) is 19.0 Å². The minimum atomic E-state index is -3.61. The van der Waals surface area contributed by atoms with E-state index >= 15 is 0 Å². The lowest BCUT2D eigenvalue weighted by Crippen LogP contribution is -2.39. The number of hydrogen-bond donors (Lipinski definition) is 1. The summed E-state index contributed by atoms with van der Waals surface area (Å²) in [6.45, 7) is 3.00. The van der Waals surface area contributed by atoms with Crippen LogP contribution in [0.5, 0.6) is 0 Å². The van der Waals surface area contributed by atoms with Crippen LogP contribution in [0.15, 0.2) is 23.4 Å². The van der Waals surface area contributed by atoms with E-state index in [9.17, 15) is 13.2 Å². The molecule has 0 radical (unpaired) electrons. The monoisotopic (exact) mass is 284 g/mol. The lowest BCUT2D eigenvalue weighted by Gasteiger charge is -2.29. The van der Waals surface area contributed by atoms with Crippen molar-refractivity contribution in [3.63, 3.8) is 0 Å². The topological polar surface area (TPSA) is 87.6 Å².